The van der Waals surface area contributed by atoms with Crippen LogP contribution in [0.4, 0.5) is 5.69 Å². The Morgan fingerprint density at radius 1 is 1.24 bits per heavy atom. The minimum absolute atomic E-state index is 0.0422. The van der Waals surface area contributed by atoms with E-state index in [1.165, 1.54) is 39.2 Å². The Morgan fingerprint density at radius 3 is 2.52 bits per heavy atom. The van der Waals surface area contributed by atoms with Crippen LogP contribution in [0.15, 0.2) is 50.4 Å². The van der Waals surface area contributed by atoms with Crippen LogP contribution in [-0.4, -0.2) is 44.8 Å². The fourth-order valence-corrected chi connectivity index (χ4v) is 3.42. The van der Waals surface area contributed by atoms with E-state index in [0.717, 1.165) is 10.4 Å². The molecule has 1 N–H and O–H groups in total. The van der Waals surface area contributed by atoms with Gasteiger partial charge in [0.1, 0.15) is 5.76 Å². The van der Waals surface area contributed by atoms with Gasteiger partial charge in [0.15, 0.2) is 10.8 Å². The molecule has 29 heavy (non-hydrogen) atoms. The SMILES string of the molecule is Cc1ccc(S(=O)(=O)N(C)C)cc1NC(=O)C(C)OC(=O)/C=C/c1ccc(Br)o1. The molecule has 1 aromatic carbocycles. The van der Waals surface area contributed by atoms with Crippen molar-refractivity contribution >= 4 is 49.6 Å². The Balaban J connectivity index is 2.05. The molecule has 0 aliphatic rings. The Morgan fingerprint density at radius 2 is 1.93 bits per heavy atom. The fourth-order valence-electron chi connectivity index (χ4n) is 2.18. The van der Waals surface area contributed by atoms with Gasteiger partial charge >= 0.3 is 5.97 Å². The number of hydrogen-bond acceptors (Lipinski definition) is 6. The number of ether oxygens (including phenoxy) is 1. The quantitative estimate of drug-likeness (QED) is 0.477. The molecule has 1 amide bonds. The van der Waals surface area contributed by atoms with Gasteiger partial charge in [0, 0.05) is 25.9 Å². The van der Waals surface area contributed by atoms with Gasteiger partial charge in [0.2, 0.25) is 10.0 Å². The predicted molar refractivity (Wildman–Crippen MR) is 112 cm³/mol. The first-order valence-electron chi connectivity index (χ1n) is 8.49. The molecule has 0 aliphatic heterocycles. The van der Waals surface area contributed by atoms with Gasteiger partial charge in [-0.2, -0.15) is 0 Å². The number of nitrogens with one attached hydrogen (secondary N) is 1. The molecular weight excluding hydrogens is 464 g/mol. The van der Waals surface area contributed by atoms with Crippen LogP contribution in [0.2, 0.25) is 0 Å². The van der Waals surface area contributed by atoms with E-state index in [-0.39, 0.29) is 4.90 Å². The Hall–Kier alpha value is -2.43. The van der Waals surface area contributed by atoms with Crippen molar-refractivity contribution in [1.82, 2.24) is 4.31 Å². The zero-order valence-corrected chi connectivity index (χ0v) is 18.7. The molecular formula is C19H21BrN2O6S. The highest BCUT2D eigenvalue weighted by atomic mass is 79.9. The Bertz CT molecular complexity index is 1040. The maximum Gasteiger partial charge on any atom is 0.331 e. The number of aryl methyl sites for hydroxylation is 1. The number of amides is 1. The topological polar surface area (TPSA) is 106 Å². The monoisotopic (exact) mass is 484 g/mol. The molecule has 2 aromatic rings. The van der Waals surface area contributed by atoms with E-state index in [9.17, 15) is 18.0 Å². The third-order valence-corrected chi connectivity index (χ3v) is 6.12. The molecule has 0 bridgehead atoms. The van der Waals surface area contributed by atoms with Crippen molar-refractivity contribution < 1.29 is 27.2 Å². The van der Waals surface area contributed by atoms with Gasteiger partial charge < -0.3 is 14.5 Å². The van der Waals surface area contributed by atoms with Gasteiger partial charge in [-0.3, -0.25) is 4.79 Å². The largest absolute Gasteiger partial charge is 0.450 e. The average molecular weight is 485 g/mol. The van der Waals surface area contributed by atoms with Crippen LogP contribution in [-0.2, 0) is 24.3 Å². The smallest absolute Gasteiger partial charge is 0.331 e. The minimum atomic E-state index is -3.65. The van der Waals surface area contributed by atoms with Gasteiger partial charge in [0.25, 0.3) is 5.91 Å². The lowest BCUT2D eigenvalue weighted by Gasteiger charge is -2.16. The molecule has 0 spiro atoms. The lowest BCUT2D eigenvalue weighted by Crippen LogP contribution is -2.30. The number of rotatable bonds is 7. The number of esters is 1. The van der Waals surface area contributed by atoms with E-state index in [1.54, 1.807) is 25.1 Å². The number of hydrogen-bond donors (Lipinski definition) is 1. The van der Waals surface area contributed by atoms with Crippen molar-refractivity contribution in [2.45, 2.75) is 24.8 Å². The van der Waals surface area contributed by atoms with E-state index in [0.29, 0.717) is 21.7 Å². The summed E-state index contributed by atoms with van der Waals surface area (Å²) < 4.78 is 36.4. The summed E-state index contributed by atoms with van der Waals surface area (Å²) in [4.78, 5) is 24.3. The van der Waals surface area contributed by atoms with Crippen LogP contribution in [0.1, 0.15) is 18.2 Å². The lowest BCUT2D eigenvalue weighted by atomic mass is 10.2. The summed E-state index contributed by atoms with van der Waals surface area (Å²) in [5.41, 5.74) is 0.981. The van der Waals surface area contributed by atoms with Crippen LogP contribution < -0.4 is 5.32 Å². The number of carbonyl (C=O) groups excluding carboxylic acids is 2. The maximum atomic E-state index is 12.4. The summed E-state index contributed by atoms with van der Waals surface area (Å²) in [6.07, 6.45) is 1.46. The molecule has 0 saturated carbocycles. The zero-order chi connectivity index (χ0) is 21.8. The number of furan rings is 1. The van der Waals surface area contributed by atoms with Crippen molar-refractivity contribution in [3.8, 4) is 0 Å². The number of halogens is 1. The zero-order valence-electron chi connectivity index (χ0n) is 16.3. The number of carbonyl (C=O) groups is 2. The molecule has 0 aliphatic carbocycles. The lowest BCUT2D eigenvalue weighted by molar-refractivity contribution is -0.148. The molecule has 0 radical (unpaired) electrons. The van der Waals surface area contributed by atoms with E-state index < -0.39 is 28.0 Å². The molecule has 1 atom stereocenters. The Kier molecular flexibility index (Phi) is 7.39. The van der Waals surface area contributed by atoms with Crippen LogP contribution in [0.3, 0.4) is 0 Å². The van der Waals surface area contributed by atoms with Crippen LogP contribution >= 0.6 is 15.9 Å². The van der Waals surface area contributed by atoms with Gasteiger partial charge in [-0.05, 0) is 65.7 Å². The number of sulfonamides is 1. The van der Waals surface area contributed by atoms with E-state index >= 15 is 0 Å². The van der Waals surface area contributed by atoms with Gasteiger partial charge in [0.05, 0.1) is 4.90 Å². The van der Waals surface area contributed by atoms with Crippen LogP contribution in [0.5, 0.6) is 0 Å². The fraction of sp³-hybridized carbons (Fsp3) is 0.263. The van der Waals surface area contributed by atoms with Crippen molar-refractivity contribution in [2.24, 2.45) is 0 Å². The van der Waals surface area contributed by atoms with E-state index in [1.807, 2.05) is 0 Å². The molecule has 1 unspecified atom stereocenters. The molecule has 10 heteroatoms. The van der Waals surface area contributed by atoms with Crippen molar-refractivity contribution in [2.75, 3.05) is 19.4 Å². The number of anilines is 1. The summed E-state index contributed by atoms with van der Waals surface area (Å²) in [5, 5.41) is 2.60. The standard InChI is InChI=1S/C19H21BrN2O6S/c1-12-5-8-15(29(25,26)22(3)4)11-16(12)21-19(24)13(2)27-18(23)10-7-14-6-9-17(20)28-14/h5-11,13H,1-4H3,(H,21,24)/b10-7+. The van der Waals surface area contributed by atoms with Gasteiger partial charge in [-0.25, -0.2) is 17.5 Å². The molecule has 1 heterocycles. The van der Waals surface area contributed by atoms with Crippen LogP contribution in [0, 0.1) is 6.92 Å². The second-order valence-electron chi connectivity index (χ2n) is 6.31. The highest BCUT2D eigenvalue weighted by molar-refractivity contribution is 9.10. The summed E-state index contributed by atoms with van der Waals surface area (Å²) >= 11 is 3.15. The molecule has 0 saturated heterocycles. The first kappa shape index (κ1) is 22.9. The average Bonchev–Trinajstić information content (AvgIpc) is 3.06. The van der Waals surface area contributed by atoms with Gasteiger partial charge in [-0.1, -0.05) is 6.07 Å². The molecule has 156 valence electrons. The molecule has 8 nitrogen and oxygen atoms in total. The summed E-state index contributed by atoms with van der Waals surface area (Å²) in [5.74, 6) is -0.865. The first-order valence-corrected chi connectivity index (χ1v) is 10.7. The molecule has 0 fully saturated rings. The van der Waals surface area contributed by atoms with Crippen LogP contribution in [0.25, 0.3) is 6.08 Å². The van der Waals surface area contributed by atoms with Crippen molar-refractivity contribution in [3.63, 3.8) is 0 Å². The Labute approximate surface area is 177 Å². The van der Waals surface area contributed by atoms with Gasteiger partial charge in [-0.15, -0.1) is 0 Å². The normalized spacial score (nSPS) is 12.9. The third kappa shape index (κ3) is 6.02. The number of benzene rings is 1. The maximum absolute atomic E-state index is 12.4. The molecule has 2 rings (SSSR count). The summed E-state index contributed by atoms with van der Waals surface area (Å²) in [7, 11) is -0.807. The highest BCUT2D eigenvalue weighted by Gasteiger charge is 2.21. The highest BCUT2D eigenvalue weighted by Crippen LogP contribution is 2.22. The molecule has 1 aromatic heterocycles. The number of nitrogens with zero attached hydrogens (tertiary/aromatic N) is 1. The van der Waals surface area contributed by atoms with Crippen molar-refractivity contribution in [1.29, 1.82) is 0 Å². The predicted octanol–water partition coefficient (Wildman–Crippen LogP) is 3.18. The first-order chi connectivity index (χ1) is 13.5. The van der Waals surface area contributed by atoms with Crippen molar-refractivity contribution in [3.05, 3.63) is 52.4 Å². The summed E-state index contributed by atoms with van der Waals surface area (Å²) in [6, 6.07) is 7.75. The third-order valence-electron chi connectivity index (χ3n) is 3.89. The van der Waals surface area contributed by atoms with E-state index in [2.05, 4.69) is 21.2 Å². The van der Waals surface area contributed by atoms with E-state index in [4.69, 9.17) is 9.15 Å². The second kappa shape index (κ2) is 9.38. The minimum Gasteiger partial charge on any atom is -0.450 e. The second-order valence-corrected chi connectivity index (χ2v) is 9.24. The summed E-state index contributed by atoms with van der Waals surface area (Å²) in [6.45, 7) is 3.14.